The summed E-state index contributed by atoms with van der Waals surface area (Å²) in [5, 5.41) is 0. The van der Waals surface area contributed by atoms with E-state index in [1.807, 2.05) is 33.8 Å². The number of ether oxygens (including phenoxy) is 5. The second-order valence-electron chi connectivity index (χ2n) is 6.71. The summed E-state index contributed by atoms with van der Waals surface area (Å²) in [4.78, 5) is 12.3. The van der Waals surface area contributed by atoms with Gasteiger partial charge >= 0.3 is 5.97 Å². The molecule has 1 aromatic carbocycles. The second-order valence-corrected chi connectivity index (χ2v) is 6.71. The van der Waals surface area contributed by atoms with Crippen molar-refractivity contribution in [3.05, 3.63) is 17.7 Å². The number of rotatable bonds is 11. The van der Waals surface area contributed by atoms with Crippen molar-refractivity contribution in [2.24, 2.45) is 0 Å². The van der Waals surface area contributed by atoms with Crippen LogP contribution in [0.3, 0.4) is 0 Å². The van der Waals surface area contributed by atoms with Crippen molar-refractivity contribution in [1.82, 2.24) is 0 Å². The maximum Gasteiger partial charge on any atom is 0.331 e. The summed E-state index contributed by atoms with van der Waals surface area (Å²) < 4.78 is 28.8. The summed E-state index contributed by atoms with van der Waals surface area (Å²) in [6.45, 7) is 9.45. The molecular formula is C23H34O6. The molecule has 1 aromatic rings. The van der Waals surface area contributed by atoms with Gasteiger partial charge < -0.3 is 23.7 Å². The van der Waals surface area contributed by atoms with Gasteiger partial charge in [-0.1, -0.05) is 6.42 Å². The number of carbonyl (C=O) groups excluding carboxylic acids is 1. The van der Waals surface area contributed by atoms with Crippen LogP contribution in [0.25, 0.3) is 6.08 Å². The number of benzene rings is 1. The van der Waals surface area contributed by atoms with E-state index in [0.717, 1.165) is 25.7 Å². The lowest BCUT2D eigenvalue weighted by atomic mass is 9.98. The molecule has 0 aliphatic heterocycles. The molecule has 0 heterocycles. The highest BCUT2D eigenvalue weighted by atomic mass is 16.6. The van der Waals surface area contributed by atoms with Gasteiger partial charge in [-0.05, 0) is 65.5 Å². The van der Waals surface area contributed by atoms with Crippen molar-refractivity contribution in [3.8, 4) is 23.0 Å². The molecule has 0 amide bonds. The molecule has 0 atom stereocenters. The Morgan fingerprint density at radius 3 is 2.07 bits per heavy atom. The molecule has 0 bridgehead atoms. The fourth-order valence-corrected chi connectivity index (χ4v) is 3.40. The van der Waals surface area contributed by atoms with Gasteiger partial charge in [0.05, 0.1) is 26.4 Å². The van der Waals surface area contributed by atoms with Crippen LogP contribution in [0.15, 0.2) is 12.1 Å². The van der Waals surface area contributed by atoms with Gasteiger partial charge in [0.2, 0.25) is 11.5 Å². The zero-order valence-corrected chi connectivity index (χ0v) is 18.1. The third-order valence-corrected chi connectivity index (χ3v) is 4.58. The molecule has 6 nitrogen and oxygen atoms in total. The highest BCUT2D eigenvalue weighted by molar-refractivity contribution is 5.88. The van der Waals surface area contributed by atoms with E-state index in [0.29, 0.717) is 55.0 Å². The third-order valence-electron chi connectivity index (χ3n) is 4.58. The van der Waals surface area contributed by atoms with Crippen LogP contribution in [-0.4, -0.2) is 38.5 Å². The van der Waals surface area contributed by atoms with Crippen molar-refractivity contribution >= 4 is 12.0 Å². The molecule has 0 N–H and O–H groups in total. The predicted molar refractivity (Wildman–Crippen MR) is 113 cm³/mol. The normalized spacial score (nSPS) is 14.6. The Morgan fingerprint density at radius 2 is 1.45 bits per heavy atom. The predicted octanol–water partition coefficient (Wildman–Crippen LogP) is 5.17. The van der Waals surface area contributed by atoms with E-state index < -0.39 is 0 Å². The molecule has 0 unspecified atom stereocenters. The van der Waals surface area contributed by atoms with Crippen LogP contribution in [0.5, 0.6) is 23.0 Å². The second kappa shape index (κ2) is 12.2. The van der Waals surface area contributed by atoms with E-state index >= 15 is 0 Å². The minimum Gasteiger partial charge on any atom is -0.490 e. The molecule has 6 heteroatoms. The lowest BCUT2D eigenvalue weighted by Crippen LogP contribution is -2.19. The molecule has 1 fully saturated rings. The first-order valence-corrected chi connectivity index (χ1v) is 10.7. The highest BCUT2D eigenvalue weighted by Gasteiger charge is 2.23. The van der Waals surface area contributed by atoms with Gasteiger partial charge in [0, 0.05) is 11.6 Å². The molecule has 1 aliphatic carbocycles. The third kappa shape index (κ3) is 6.58. The summed E-state index contributed by atoms with van der Waals surface area (Å²) in [6.07, 6.45) is 8.48. The van der Waals surface area contributed by atoms with Gasteiger partial charge in [-0.15, -0.1) is 0 Å². The molecule has 0 spiro atoms. The van der Waals surface area contributed by atoms with Crippen molar-refractivity contribution in [2.75, 3.05) is 26.4 Å². The van der Waals surface area contributed by atoms with Crippen molar-refractivity contribution < 1.29 is 28.5 Å². The van der Waals surface area contributed by atoms with Crippen LogP contribution >= 0.6 is 0 Å². The Morgan fingerprint density at radius 1 is 0.862 bits per heavy atom. The van der Waals surface area contributed by atoms with Crippen molar-refractivity contribution in [2.45, 2.75) is 65.9 Å². The Kier molecular flexibility index (Phi) is 9.68. The molecule has 1 saturated carbocycles. The summed E-state index contributed by atoms with van der Waals surface area (Å²) >= 11 is 0. The van der Waals surface area contributed by atoms with Gasteiger partial charge in [-0.3, -0.25) is 0 Å². The van der Waals surface area contributed by atoms with E-state index in [2.05, 4.69) is 0 Å². The molecule has 2 rings (SSSR count). The highest BCUT2D eigenvalue weighted by Crippen LogP contribution is 2.47. The summed E-state index contributed by atoms with van der Waals surface area (Å²) in [7, 11) is 0. The smallest absolute Gasteiger partial charge is 0.331 e. The number of esters is 1. The van der Waals surface area contributed by atoms with E-state index in [9.17, 15) is 4.79 Å². The van der Waals surface area contributed by atoms with Crippen molar-refractivity contribution in [3.63, 3.8) is 0 Å². The lowest BCUT2D eigenvalue weighted by molar-refractivity contribution is -0.144. The molecule has 0 radical (unpaired) electrons. The first-order valence-electron chi connectivity index (χ1n) is 10.7. The monoisotopic (exact) mass is 406 g/mol. The Balaban J connectivity index is 2.35. The van der Waals surface area contributed by atoms with E-state index in [1.165, 1.54) is 12.5 Å². The zero-order chi connectivity index (χ0) is 21.1. The van der Waals surface area contributed by atoms with E-state index in [4.69, 9.17) is 23.7 Å². The van der Waals surface area contributed by atoms with Gasteiger partial charge in [-0.25, -0.2) is 4.79 Å². The Bertz CT molecular complexity index is 676. The molecule has 162 valence electrons. The minimum absolute atomic E-state index is 0.0190. The molecular weight excluding hydrogens is 372 g/mol. The first-order chi connectivity index (χ1) is 14.1. The van der Waals surface area contributed by atoms with Gasteiger partial charge in [0.25, 0.3) is 0 Å². The summed E-state index contributed by atoms with van der Waals surface area (Å²) in [5.41, 5.74) is 0.683. The molecule has 29 heavy (non-hydrogen) atoms. The van der Waals surface area contributed by atoms with Crippen LogP contribution in [0, 0.1) is 0 Å². The van der Waals surface area contributed by atoms with Crippen LogP contribution in [-0.2, 0) is 9.53 Å². The topological polar surface area (TPSA) is 63.2 Å². The fraction of sp³-hybridized carbons (Fsp3) is 0.609. The number of carbonyl (C=O) groups is 1. The maximum atomic E-state index is 12.3. The zero-order valence-electron chi connectivity index (χ0n) is 18.1. The Labute approximate surface area is 174 Å². The van der Waals surface area contributed by atoms with Crippen LogP contribution in [0.4, 0.5) is 0 Å². The van der Waals surface area contributed by atoms with Gasteiger partial charge in [0.1, 0.15) is 6.10 Å². The summed E-state index contributed by atoms with van der Waals surface area (Å²) in [6, 6.07) is 1.81. The van der Waals surface area contributed by atoms with E-state index in [1.54, 1.807) is 6.08 Å². The molecule has 0 aromatic heterocycles. The van der Waals surface area contributed by atoms with Crippen molar-refractivity contribution in [1.29, 1.82) is 0 Å². The standard InChI is InChI=1S/C23H34O6/c1-5-25-19-16-17(14-15-20(24)29-18-12-10-9-11-13-18)21(26-6-2)23(28-8-4)22(19)27-7-3/h14-16,18H,5-13H2,1-4H3. The lowest BCUT2D eigenvalue weighted by Gasteiger charge is -2.21. The SMILES string of the molecule is CCOc1cc(C=CC(=O)OC2CCCCC2)c(OCC)c(OCC)c1OCC. The number of hydrogen-bond donors (Lipinski definition) is 0. The van der Waals surface area contributed by atoms with Crippen LogP contribution in [0.2, 0.25) is 0 Å². The van der Waals surface area contributed by atoms with Crippen LogP contribution in [0.1, 0.15) is 65.4 Å². The molecule has 0 saturated heterocycles. The minimum atomic E-state index is -0.343. The quantitative estimate of drug-likeness (QED) is 0.373. The average molecular weight is 407 g/mol. The molecule has 1 aliphatic rings. The average Bonchev–Trinajstić information content (AvgIpc) is 2.72. The van der Waals surface area contributed by atoms with Crippen LogP contribution < -0.4 is 18.9 Å². The summed E-state index contributed by atoms with van der Waals surface area (Å²) in [5.74, 6) is 1.75. The van der Waals surface area contributed by atoms with Gasteiger partial charge in [0.15, 0.2) is 11.5 Å². The Hall–Kier alpha value is -2.37. The fourth-order valence-electron chi connectivity index (χ4n) is 3.40. The number of hydrogen-bond acceptors (Lipinski definition) is 6. The maximum absolute atomic E-state index is 12.3. The van der Waals surface area contributed by atoms with Gasteiger partial charge in [-0.2, -0.15) is 0 Å². The largest absolute Gasteiger partial charge is 0.490 e. The van der Waals surface area contributed by atoms with E-state index in [-0.39, 0.29) is 12.1 Å². The first kappa shape index (κ1) is 22.9.